The van der Waals surface area contributed by atoms with E-state index in [4.69, 9.17) is 9.84 Å². The van der Waals surface area contributed by atoms with Crippen LogP contribution in [0.4, 0.5) is 5.69 Å². The molecule has 4 heteroatoms. The van der Waals surface area contributed by atoms with Crippen LogP contribution in [0.3, 0.4) is 0 Å². The number of anilines is 1. The van der Waals surface area contributed by atoms with Gasteiger partial charge in [0.15, 0.2) is 0 Å². The predicted octanol–water partition coefficient (Wildman–Crippen LogP) is 2.17. The molecule has 1 aromatic carbocycles. The second-order valence-corrected chi connectivity index (χ2v) is 4.45. The van der Waals surface area contributed by atoms with E-state index in [1.807, 2.05) is 31.2 Å². The first-order valence-corrected chi connectivity index (χ1v) is 6.68. The van der Waals surface area contributed by atoms with E-state index < -0.39 is 0 Å². The second-order valence-electron chi connectivity index (χ2n) is 4.45. The van der Waals surface area contributed by atoms with Gasteiger partial charge in [0.2, 0.25) is 5.91 Å². The van der Waals surface area contributed by atoms with Crippen LogP contribution in [0.2, 0.25) is 0 Å². The molecule has 1 atom stereocenters. The Morgan fingerprint density at radius 2 is 2.20 bits per heavy atom. The number of aliphatic hydroxyl groups is 1. The molecular formula is C16H21NO3. The van der Waals surface area contributed by atoms with Crippen molar-refractivity contribution < 1.29 is 14.6 Å². The van der Waals surface area contributed by atoms with Gasteiger partial charge >= 0.3 is 0 Å². The zero-order valence-corrected chi connectivity index (χ0v) is 12.0. The molecule has 0 aliphatic heterocycles. The van der Waals surface area contributed by atoms with Gasteiger partial charge in [-0.2, -0.15) is 0 Å². The highest BCUT2D eigenvalue weighted by Crippen LogP contribution is 2.14. The fourth-order valence-electron chi connectivity index (χ4n) is 1.58. The Bertz CT molecular complexity index is 488. The number of para-hydroxylation sites is 1. The summed E-state index contributed by atoms with van der Waals surface area (Å²) in [5.41, 5.74) is 1.46. The molecule has 0 fully saturated rings. The molecule has 0 saturated heterocycles. The Balaban J connectivity index is 2.63. The topological polar surface area (TPSA) is 58.6 Å². The highest BCUT2D eigenvalue weighted by atomic mass is 16.5. The van der Waals surface area contributed by atoms with Gasteiger partial charge in [-0.3, -0.25) is 4.79 Å². The zero-order chi connectivity index (χ0) is 14.8. The molecule has 1 unspecified atom stereocenters. The Morgan fingerprint density at radius 3 is 2.90 bits per heavy atom. The van der Waals surface area contributed by atoms with Gasteiger partial charge in [-0.1, -0.05) is 24.0 Å². The normalized spacial score (nSPS) is 11.3. The van der Waals surface area contributed by atoms with Crippen LogP contribution >= 0.6 is 0 Å². The summed E-state index contributed by atoms with van der Waals surface area (Å²) < 4.78 is 5.11. The standard InChI is InChI=1S/C16H21NO3/c1-13(20-2)10-11-16(19)17-15-9-4-3-7-14(15)8-5-6-12-18/h3-4,7,9,13,18H,6,10-12H2,1-2H3,(H,17,19). The Kier molecular flexibility index (Phi) is 7.41. The van der Waals surface area contributed by atoms with E-state index in [2.05, 4.69) is 17.2 Å². The van der Waals surface area contributed by atoms with Gasteiger partial charge in [0.1, 0.15) is 0 Å². The van der Waals surface area contributed by atoms with Crippen molar-refractivity contribution in [2.75, 3.05) is 19.0 Å². The summed E-state index contributed by atoms with van der Waals surface area (Å²) >= 11 is 0. The molecule has 1 rings (SSSR count). The molecular weight excluding hydrogens is 254 g/mol. The zero-order valence-electron chi connectivity index (χ0n) is 12.0. The quantitative estimate of drug-likeness (QED) is 0.782. The minimum Gasteiger partial charge on any atom is -0.395 e. The second kappa shape index (κ2) is 9.13. The maximum atomic E-state index is 11.9. The molecule has 1 aromatic rings. The lowest BCUT2D eigenvalue weighted by Crippen LogP contribution is -2.15. The number of hydrogen-bond acceptors (Lipinski definition) is 3. The van der Waals surface area contributed by atoms with Crippen LogP contribution in [0.15, 0.2) is 24.3 Å². The van der Waals surface area contributed by atoms with Gasteiger partial charge in [-0.05, 0) is 25.5 Å². The molecule has 108 valence electrons. The molecule has 0 radical (unpaired) electrons. The molecule has 0 aliphatic carbocycles. The molecule has 20 heavy (non-hydrogen) atoms. The van der Waals surface area contributed by atoms with Crippen molar-refractivity contribution in [3.63, 3.8) is 0 Å². The number of ether oxygens (including phenoxy) is 1. The lowest BCUT2D eigenvalue weighted by molar-refractivity contribution is -0.116. The molecule has 0 aromatic heterocycles. The van der Waals surface area contributed by atoms with Crippen LogP contribution < -0.4 is 5.32 Å². The molecule has 4 nitrogen and oxygen atoms in total. The van der Waals surface area contributed by atoms with Crippen molar-refractivity contribution in [1.82, 2.24) is 0 Å². The summed E-state index contributed by atoms with van der Waals surface area (Å²) in [6, 6.07) is 7.38. The highest BCUT2D eigenvalue weighted by Gasteiger charge is 2.07. The van der Waals surface area contributed by atoms with Gasteiger partial charge in [0.05, 0.1) is 18.4 Å². The summed E-state index contributed by atoms with van der Waals surface area (Å²) in [5.74, 6) is 5.75. The third-order valence-electron chi connectivity index (χ3n) is 2.84. The summed E-state index contributed by atoms with van der Waals surface area (Å²) in [6.07, 6.45) is 1.59. The van der Waals surface area contributed by atoms with E-state index in [1.54, 1.807) is 7.11 Å². The summed E-state index contributed by atoms with van der Waals surface area (Å²) in [6.45, 7) is 1.97. The van der Waals surface area contributed by atoms with E-state index >= 15 is 0 Å². The third-order valence-corrected chi connectivity index (χ3v) is 2.84. The first-order chi connectivity index (χ1) is 9.67. The van der Waals surface area contributed by atoms with Gasteiger partial charge in [0, 0.05) is 25.5 Å². The van der Waals surface area contributed by atoms with Gasteiger partial charge in [-0.15, -0.1) is 0 Å². The number of nitrogens with one attached hydrogen (secondary N) is 1. The average Bonchev–Trinajstić information content (AvgIpc) is 2.46. The van der Waals surface area contributed by atoms with Crippen LogP contribution in [-0.4, -0.2) is 30.8 Å². The highest BCUT2D eigenvalue weighted by molar-refractivity contribution is 5.92. The van der Waals surface area contributed by atoms with E-state index in [1.165, 1.54) is 0 Å². The molecule has 0 heterocycles. The van der Waals surface area contributed by atoms with E-state index in [-0.39, 0.29) is 18.6 Å². The number of rotatable bonds is 6. The molecule has 0 spiro atoms. The SMILES string of the molecule is COC(C)CCC(=O)Nc1ccccc1C#CCCO. The fraction of sp³-hybridized carbons (Fsp3) is 0.438. The number of aliphatic hydroxyl groups excluding tert-OH is 1. The Morgan fingerprint density at radius 1 is 1.45 bits per heavy atom. The van der Waals surface area contributed by atoms with Crippen LogP contribution in [0.5, 0.6) is 0 Å². The number of amides is 1. The van der Waals surface area contributed by atoms with Crippen LogP contribution in [0.25, 0.3) is 0 Å². The number of carbonyl (C=O) groups excluding carboxylic acids is 1. The summed E-state index contributed by atoms with van der Waals surface area (Å²) in [4.78, 5) is 11.9. The lowest BCUT2D eigenvalue weighted by Gasteiger charge is -2.10. The summed E-state index contributed by atoms with van der Waals surface area (Å²) in [5, 5.41) is 11.6. The summed E-state index contributed by atoms with van der Waals surface area (Å²) in [7, 11) is 1.63. The number of carbonyl (C=O) groups is 1. The van der Waals surface area contributed by atoms with Crippen molar-refractivity contribution in [1.29, 1.82) is 0 Å². The number of methoxy groups -OCH3 is 1. The van der Waals surface area contributed by atoms with Crippen LogP contribution in [0.1, 0.15) is 31.7 Å². The molecule has 0 aliphatic rings. The molecule has 0 saturated carbocycles. The van der Waals surface area contributed by atoms with Crippen LogP contribution in [0, 0.1) is 11.8 Å². The number of benzene rings is 1. The maximum absolute atomic E-state index is 11.9. The van der Waals surface area contributed by atoms with Crippen molar-refractivity contribution in [3.05, 3.63) is 29.8 Å². The first-order valence-electron chi connectivity index (χ1n) is 6.68. The van der Waals surface area contributed by atoms with Crippen molar-refractivity contribution in [2.24, 2.45) is 0 Å². The van der Waals surface area contributed by atoms with Crippen molar-refractivity contribution in [2.45, 2.75) is 32.3 Å². The van der Waals surface area contributed by atoms with Gasteiger partial charge in [-0.25, -0.2) is 0 Å². The first kappa shape index (κ1) is 16.2. The third kappa shape index (κ3) is 5.87. The van der Waals surface area contributed by atoms with E-state index in [0.717, 1.165) is 5.56 Å². The predicted molar refractivity (Wildman–Crippen MR) is 79.4 cm³/mol. The lowest BCUT2D eigenvalue weighted by atomic mass is 10.1. The van der Waals surface area contributed by atoms with Crippen molar-refractivity contribution in [3.8, 4) is 11.8 Å². The Labute approximate surface area is 120 Å². The smallest absolute Gasteiger partial charge is 0.224 e. The number of hydrogen-bond donors (Lipinski definition) is 2. The van der Waals surface area contributed by atoms with Gasteiger partial charge < -0.3 is 15.2 Å². The van der Waals surface area contributed by atoms with Crippen LogP contribution in [-0.2, 0) is 9.53 Å². The van der Waals surface area contributed by atoms with Gasteiger partial charge in [0.25, 0.3) is 0 Å². The minimum absolute atomic E-state index is 0.0381. The largest absolute Gasteiger partial charge is 0.395 e. The fourth-order valence-corrected chi connectivity index (χ4v) is 1.58. The van der Waals surface area contributed by atoms with E-state index in [9.17, 15) is 4.79 Å². The molecule has 2 N–H and O–H groups in total. The molecule has 1 amide bonds. The average molecular weight is 275 g/mol. The minimum atomic E-state index is -0.0506. The maximum Gasteiger partial charge on any atom is 0.224 e. The Hall–Kier alpha value is -1.83. The monoisotopic (exact) mass is 275 g/mol. The van der Waals surface area contributed by atoms with Crippen molar-refractivity contribution >= 4 is 11.6 Å². The van der Waals surface area contributed by atoms with E-state index in [0.29, 0.717) is 24.9 Å². The molecule has 0 bridgehead atoms.